The number of nitrogens with zero attached hydrogens (tertiary/aromatic N) is 3. The van der Waals surface area contributed by atoms with Gasteiger partial charge in [-0.05, 0) is 107 Å². The summed E-state index contributed by atoms with van der Waals surface area (Å²) in [4.78, 5) is 0. The first-order valence-electron chi connectivity index (χ1n) is 22.0. The molecule has 0 spiro atoms. The summed E-state index contributed by atoms with van der Waals surface area (Å²) in [6.45, 7) is 0. The van der Waals surface area contributed by atoms with Crippen LogP contribution < -0.4 is 0 Å². The molecule has 0 unspecified atom stereocenters. The van der Waals surface area contributed by atoms with Crippen molar-refractivity contribution >= 4 is 113 Å². The molecule has 0 N–H and O–H groups in total. The summed E-state index contributed by atoms with van der Waals surface area (Å²) in [6, 6.07) is 78.9. The zero-order valence-corrected chi connectivity index (χ0v) is 35.3. The topological polar surface area (TPSA) is 14.3 Å². The van der Waals surface area contributed by atoms with Crippen molar-refractivity contribution in [3.8, 4) is 33.6 Å². The third kappa shape index (κ3) is 4.64. The van der Waals surface area contributed by atoms with Crippen LogP contribution >= 0.6 is 11.3 Å². The van der Waals surface area contributed by atoms with E-state index < -0.39 is 0 Å². The SMILES string of the molecule is c1ccc(-n2c3ccccc3c3cc(-c4ccc5c(c4)sc4cc(-c6ccc7c(c6)c6ccccc6n7-c6cc7c8ccccc8n8c9ccccc9c(c6)c78)ccc45)ccc32)cc1. The molecule has 0 aliphatic heterocycles. The molecule has 0 amide bonds. The Kier molecular flexibility index (Phi) is 6.83. The van der Waals surface area contributed by atoms with E-state index in [9.17, 15) is 0 Å². The molecule has 0 saturated heterocycles. The van der Waals surface area contributed by atoms with Crippen molar-refractivity contribution in [3.05, 3.63) is 212 Å². The number of para-hydroxylation sites is 5. The molecule has 0 aliphatic carbocycles. The fourth-order valence-electron chi connectivity index (χ4n) is 11.1. The fraction of sp³-hybridized carbons (Fsp3) is 0. The van der Waals surface area contributed by atoms with E-state index in [1.807, 2.05) is 11.3 Å². The van der Waals surface area contributed by atoms with Crippen LogP contribution in [-0.4, -0.2) is 13.5 Å². The maximum absolute atomic E-state index is 2.48. The van der Waals surface area contributed by atoms with Gasteiger partial charge in [0.05, 0.1) is 38.6 Å². The second-order valence-corrected chi connectivity index (χ2v) is 18.4. The Morgan fingerprint density at radius 1 is 0.250 bits per heavy atom. The van der Waals surface area contributed by atoms with Crippen LogP contribution in [0.15, 0.2) is 212 Å². The molecular weight excluding hydrogens is 795 g/mol. The second kappa shape index (κ2) is 12.7. The average Bonchev–Trinajstić information content (AvgIpc) is 4.15. The first-order valence-corrected chi connectivity index (χ1v) is 22.8. The molecule has 5 heterocycles. The van der Waals surface area contributed by atoms with Crippen molar-refractivity contribution in [3.63, 3.8) is 0 Å². The molecule has 64 heavy (non-hydrogen) atoms. The van der Waals surface area contributed by atoms with Gasteiger partial charge >= 0.3 is 0 Å². The minimum absolute atomic E-state index is 1.18. The number of fused-ring (bicyclic) bond motifs is 15. The summed E-state index contributed by atoms with van der Waals surface area (Å²) < 4.78 is 9.92. The molecule has 5 aromatic heterocycles. The van der Waals surface area contributed by atoms with Gasteiger partial charge in [-0.15, -0.1) is 11.3 Å². The highest BCUT2D eigenvalue weighted by atomic mass is 32.1. The molecule has 15 rings (SSSR count). The van der Waals surface area contributed by atoms with Gasteiger partial charge in [-0.1, -0.05) is 127 Å². The van der Waals surface area contributed by atoms with Gasteiger partial charge in [0.25, 0.3) is 0 Å². The van der Waals surface area contributed by atoms with E-state index in [1.54, 1.807) is 0 Å². The van der Waals surface area contributed by atoms with E-state index in [2.05, 4.69) is 226 Å². The molecule has 0 fully saturated rings. The Hall–Kier alpha value is -8.18. The minimum Gasteiger partial charge on any atom is -0.309 e. The van der Waals surface area contributed by atoms with Crippen molar-refractivity contribution in [2.24, 2.45) is 0 Å². The van der Waals surface area contributed by atoms with Crippen LogP contribution in [0.3, 0.4) is 0 Å². The van der Waals surface area contributed by atoms with Gasteiger partial charge in [0.2, 0.25) is 0 Å². The Balaban J connectivity index is 0.846. The van der Waals surface area contributed by atoms with Crippen molar-refractivity contribution < 1.29 is 0 Å². The summed E-state index contributed by atoms with van der Waals surface area (Å²) in [5.41, 5.74) is 16.0. The molecule has 0 bridgehead atoms. The van der Waals surface area contributed by atoms with Gasteiger partial charge in [0.1, 0.15) is 0 Å². The molecule has 0 saturated carbocycles. The lowest BCUT2D eigenvalue weighted by Crippen LogP contribution is -1.94. The highest BCUT2D eigenvalue weighted by Crippen LogP contribution is 2.44. The normalized spacial score (nSPS) is 12.4. The van der Waals surface area contributed by atoms with Crippen molar-refractivity contribution in [1.29, 1.82) is 0 Å². The van der Waals surface area contributed by atoms with Crippen LogP contribution in [0.25, 0.3) is 136 Å². The Morgan fingerprint density at radius 2 is 0.641 bits per heavy atom. The summed E-state index contributed by atoms with van der Waals surface area (Å²) in [5, 5.41) is 12.8. The molecule has 0 aliphatic rings. The highest BCUT2D eigenvalue weighted by Gasteiger charge is 2.21. The predicted molar refractivity (Wildman–Crippen MR) is 274 cm³/mol. The highest BCUT2D eigenvalue weighted by molar-refractivity contribution is 7.25. The predicted octanol–water partition coefficient (Wildman–Crippen LogP) is 16.7. The van der Waals surface area contributed by atoms with Crippen LogP contribution in [0.4, 0.5) is 0 Å². The number of thiophene rings is 1. The van der Waals surface area contributed by atoms with Crippen molar-refractivity contribution in [1.82, 2.24) is 13.5 Å². The van der Waals surface area contributed by atoms with Crippen LogP contribution in [-0.2, 0) is 0 Å². The zero-order chi connectivity index (χ0) is 41.6. The molecule has 15 aromatic rings. The molecule has 10 aromatic carbocycles. The number of aromatic nitrogens is 3. The van der Waals surface area contributed by atoms with Gasteiger partial charge in [-0.2, -0.15) is 0 Å². The number of hydrogen-bond donors (Lipinski definition) is 0. The second-order valence-electron chi connectivity index (χ2n) is 17.3. The number of rotatable bonds is 4. The molecule has 3 nitrogen and oxygen atoms in total. The van der Waals surface area contributed by atoms with E-state index in [-0.39, 0.29) is 0 Å². The zero-order valence-electron chi connectivity index (χ0n) is 34.5. The molecule has 0 radical (unpaired) electrons. The molecular formula is C60H35N3S. The number of benzene rings is 10. The van der Waals surface area contributed by atoms with Crippen LogP contribution in [0.5, 0.6) is 0 Å². The van der Waals surface area contributed by atoms with E-state index in [0.29, 0.717) is 0 Å². The Bertz CT molecular complexity index is 4340. The summed E-state index contributed by atoms with van der Waals surface area (Å²) >= 11 is 1.89. The lowest BCUT2D eigenvalue weighted by molar-refractivity contribution is 1.18. The maximum atomic E-state index is 2.48. The first-order chi connectivity index (χ1) is 31.7. The summed E-state index contributed by atoms with van der Waals surface area (Å²) in [6.07, 6.45) is 0. The van der Waals surface area contributed by atoms with Gasteiger partial charge in [0, 0.05) is 74.6 Å². The van der Waals surface area contributed by atoms with E-state index in [0.717, 1.165) is 0 Å². The van der Waals surface area contributed by atoms with Gasteiger partial charge in [0.15, 0.2) is 0 Å². The van der Waals surface area contributed by atoms with Crippen molar-refractivity contribution in [2.45, 2.75) is 0 Å². The third-order valence-corrected chi connectivity index (χ3v) is 15.1. The minimum atomic E-state index is 1.18. The lowest BCUT2D eigenvalue weighted by atomic mass is 9.99. The van der Waals surface area contributed by atoms with Crippen LogP contribution in [0.2, 0.25) is 0 Å². The van der Waals surface area contributed by atoms with E-state index in [4.69, 9.17) is 0 Å². The van der Waals surface area contributed by atoms with Gasteiger partial charge < -0.3 is 13.5 Å². The van der Waals surface area contributed by atoms with Gasteiger partial charge in [-0.25, -0.2) is 0 Å². The monoisotopic (exact) mass is 829 g/mol. The first kappa shape index (κ1) is 34.4. The van der Waals surface area contributed by atoms with E-state index >= 15 is 0 Å². The largest absolute Gasteiger partial charge is 0.309 e. The lowest BCUT2D eigenvalue weighted by Gasteiger charge is -2.10. The fourth-order valence-corrected chi connectivity index (χ4v) is 12.3. The summed E-state index contributed by atoms with van der Waals surface area (Å²) in [7, 11) is 0. The standard InChI is InChI=1S/C60H35N3S/c1-2-12-40(13-3-1)61-52-18-8-4-14-42(52)48-30-36(24-28-56(48)61)38-22-26-46-47-27-23-39(33-59(47)64-58(46)32-38)37-25-29-57-49(31-37)43-15-5-9-19-53(43)62(57)41-34-50-44-16-6-10-20-54(44)63-55-21-11-7-17-45(55)51(35-41)60(50)63/h1-35H. The molecule has 0 atom stereocenters. The smallest absolute Gasteiger partial charge is 0.0622 e. The molecule has 296 valence electrons. The summed E-state index contributed by atoms with van der Waals surface area (Å²) in [5.74, 6) is 0. The maximum Gasteiger partial charge on any atom is 0.0622 e. The van der Waals surface area contributed by atoms with Crippen molar-refractivity contribution in [2.75, 3.05) is 0 Å². The quantitative estimate of drug-likeness (QED) is 0.168. The Morgan fingerprint density at radius 3 is 1.16 bits per heavy atom. The van der Waals surface area contributed by atoms with Crippen LogP contribution in [0, 0.1) is 0 Å². The third-order valence-electron chi connectivity index (χ3n) is 13.9. The van der Waals surface area contributed by atoms with E-state index in [1.165, 1.54) is 136 Å². The average molecular weight is 830 g/mol. The Labute approximate surface area is 370 Å². The number of hydrogen-bond acceptors (Lipinski definition) is 1. The van der Waals surface area contributed by atoms with Crippen LogP contribution in [0.1, 0.15) is 0 Å². The van der Waals surface area contributed by atoms with Gasteiger partial charge in [-0.3, -0.25) is 0 Å². The molecule has 4 heteroatoms.